The van der Waals surface area contributed by atoms with E-state index in [0.29, 0.717) is 37.8 Å². The lowest BCUT2D eigenvalue weighted by Crippen LogP contribution is -2.33. The lowest BCUT2D eigenvalue weighted by atomic mass is 10.1. The molecule has 1 aliphatic heterocycles. The average molecular weight is 422 g/mol. The molecule has 3 heterocycles. The summed E-state index contributed by atoms with van der Waals surface area (Å²) in [5, 5.41) is 4.15. The number of rotatable bonds is 9. The lowest BCUT2D eigenvalue weighted by Gasteiger charge is -2.24. The second-order valence-electron chi connectivity index (χ2n) is 7.40. The van der Waals surface area contributed by atoms with E-state index in [1.54, 1.807) is 47.5 Å². The highest BCUT2D eigenvalue weighted by Gasteiger charge is 2.20. The van der Waals surface area contributed by atoms with E-state index in [0.717, 1.165) is 17.5 Å². The summed E-state index contributed by atoms with van der Waals surface area (Å²) >= 11 is 0. The van der Waals surface area contributed by atoms with E-state index >= 15 is 0 Å². The number of carbonyl (C=O) groups excluding carboxylic acids is 1. The van der Waals surface area contributed by atoms with E-state index in [2.05, 4.69) is 10.1 Å². The van der Waals surface area contributed by atoms with Gasteiger partial charge in [0.25, 0.3) is 0 Å². The third-order valence-corrected chi connectivity index (χ3v) is 5.09. The fraction of sp³-hybridized carbons (Fsp3) is 0.348. The maximum atomic E-state index is 13.0. The molecule has 2 aromatic heterocycles. The summed E-state index contributed by atoms with van der Waals surface area (Å²) in [5.41, 5.74) is 1.91. The van der Waals surface area contributed by atoms with E-state index in [1.807, 2.05) is 30.3 Å². The summed E-state index contributed by atoms with van der Waals surface area (Å²) in [7, 11) is 1.62. The van der Waals surface area contributed by atoms with Gasteiger partial charge in [-0.05, 0) is 35.4 Å². The van der Waals surface area contributed by atoms with Gasteiger partial charge in [-0.15, -0.1) is 0 Å². The molecule has 4 rings (SSSR count). The van der Waals surface area contributed by atoms with Gasteiger partial charge in [-0.2, -0.15) is 5.10 Å². The summed E-state index contributed by atoms with van der Waals surface area (Å²) in [5.74, 6) is 1.30. The molecular weight excluding hydrogens is 396 g/mol. The van der Waals surface area contributed by atoms with Crippen molar-refractivity contribution in [3.05, 3.63) is 72.3 Å². The monoisotopic (exact) mass is 422 g/mol. The molecule has 1 atom stereocenters. The van der Waals surface area contributed by atoms with Gasteiger partial charge in [-0.1, -0.05) is 12.1 Å². The number of ether oxygens (including phenoxy) is 3. The minimum atomic E-state index is -0.0325. The first-order chi connectivity index (χ1) is 15.2. The van der Waals surface area contributed by atoms with Crippen LogP contribution >= 0.6 is 0 Å². The van der Waals surface area contributed by atoms with Crippen LogP contribution in [-0.4, -0.2) is 52.0 Å². The Morgan fingerprint density at radius 3 is 2.81 bits per heavy atom. The molecule has 31 heavy (non-hydrogen) atoms. The van der Waals surface area contributed by atoms with Gasteiger partial charge in [0.1, 0.15) is 12.6 Å². The topological polar surface area (TPSA) is 78.7 Å². The van der Waals surface area contributed by atoms with Crippen molar-refractivity contribution in [3.8, 4) is 11.5 Å². The number of hydrogen-bond donors (Lipinski definition) is 0. The van der Waals surface area contributed by atoms with Crippen molar-refractivity contribution in [2.24, 2.45) is 0 Å². The predicted molar refractivity (Wildman–Crippen MR) is 114 cm³/mol. The van der Waals surface area contributed by atoms with Crippen LogP contribution in [0, 0.1) is 0 Å². The quantitative estimate of drug-likeness (QED) is 0.528. The van der Waals surface area contributed by atoms with Crippen LogP contribution in [0.1, 0.15) is 17.5 Å². The Morgan fingerprint density at radius 2 is 2.10 bits per heavy atom. The number of amides is 1. The third-order valence-electron chi connectivity index (χ3n) is 5.09. The molecule has 1 saturated heterocycles. The van der Waals surface area contributed by atoms with Crippen LogP contribution < -0.4 is 9.47 Å². The van der Waals surface area contributed by atoms with Crippen LogP contribution in [0.5, 0.6) is 11.5 Å². The number of carbonyl (C=O) groups is 1. The Balaban J connectivity index is 1.51. The molecule has 0 bridgehead atoms. The smallest absolute Gasteiger partial charge is 0.244 e. The molecule has 8 heteroatoms. The van der Waals surface area contributed by atoms with Crippen LogP contribution in [0.15, 0.2) is 61.2 Å². The van der Waals surface area contributed by atoms with Gasteiger partial charge in [0.15, 0.2) is 11.5 Å². The molecule has 3 aromatic rings. The summed E-state index contributed by atoms with van der Waals surface area (Å²) in [4.78, 5) is 19.0. The van der Waals surface area contributed by atoms with Gasteiger partial charge in [-0.25, -0.2) is 0 Å². The fourth-order valence-corrected chi connectivity index (χ4v) is 3.49. The Hall–Kier alpha value is -3.39. The molecule has 8 nitrogen and oxygen atoms in total. The first kappa shape index (κ1) is 20.9. The van der Waals surface area contributed by atoms with Gasteiger partial charge >= 0.3 is 0 Å². The van der Waals surface area contributed by atoms with Crippen molar-refractivity contribution in [2.75, 3.05) is 20.3 Å². The lowest BCUT2D eigenvalue weighted by molar-refractivity contribution is -0.133. The maximum Gasteiger partial charge on any atom is 0.244 e. The molecule has 0 saturated carbocycles. The van der Waals surface area contributed by atoms with Crippen molar-refractivity contribution in [2.45, 2.75) is 32.2 Å². The zero-order chi connectivity index (χ0) is 21.5. The summed E-state index contributed by atoms with van der Waals surface area (Å²) in [6.45, 7) is 2.36. The first-order valence-corrected chi connectivity index (χ1v) is 10.3. The highest BCUT2D eigenvalue weighted by Crippen LogP contribution is 2.30. The number of nitrogens with zero attached hydrogens (tertiary/aromatic N) is 4. The van der Waals surface area contributed by atoms with Crippen LogP contribution in [0.2, 0.25) is 0 Å². The second kappa shape index (κ2) is 10.1. The van der Waals surface area contributed by atoms with Crippen molar-refractivity contribution >= 4 is 5.91 Å². The summed E-state index contributed by atoms with van der Waals surface area (Å²) in [6.07, 6.45) is 7.84. The molecule has 1 unspecified atom stereocenters. The number of methoxy groups -OCH3 is 1. The normalized spacial score (nSPS) is 15.6. The van der Waals surface area contributed by atoms with Crippen molar-refractivity contribution in [1.29, 1.82) is 0 Å². The highest BCUT2D eigenvalue weighted by atomic mass is 16.6. The highest BCUT2D eigenvalue weighted by molar-refractivity contribution is 5.76. The molecule has 1 aliphatic rings. The van der Waals surface area contributed by atoms with E-state index in [9.17, 15) is 4.79 Å². The molecule has 1 aromatic carbocycles. The van der Waals surface area contributed by atoms with E-state index in [-0.39, 0.29) is 18.6 Å². The van der Waals surface area contributed by atoms with Crippen LogP contribution in [-0.2, 0) is 29.2 Å². The van der Waals surface area contributed by atoms with Crippen molar-refractivity contribution in [1.82, 2.24) is 19.7 Å². The van der Waals surface area contributed by atoms with Gasteiger partial charge in [0.05, 0.1) is 20.3 Å². The number of aromatic nitrogens is 3. The van der Waals surface area contributed by atoms with Crippen LogP contribution in [0.25, 0.3) is 0 Å². The molecule has 1 amide bonds. The average Bonchev–Trinajstić information content (AvgIpc) is 3.49. The van der Waals surface area contributed by atoms with Crippen LogP contribution in [0.3, 0.4) is 0 Å². The van der Waals surface area contributed by atoms with Crippen LogP contribution in [0.4, 0.5) is 0 Å². The van der Waals surface area contributed by atoms with Gasteiger partial charge < -0.3 is 19.1 Å². The number of hydrogen-bond acceptors (Lipinski definition) is 6. The van der Waals surface area contributed by atoms with Crippen molar-refractivity contribution < 1.29 is 19.0 Å². The van der Waals surface area contributed by atoms with Crippen molar-refractivity contribution in [3.63, 3.8) is 0 Å². The van der Waals surface area contributed by atoms with Gasteiger partial charge in [0, 0.05) is 44.3 Å². The van der Waals surface area contributed by atoms with E-state index in [4.69, 9.17) is 14.2 Å². The second-order valence-corrected chi connectivity index (χ2v) is 7.40. The minimum Gasteiger partial charge on any atom is -0.493 e. The fourth-order valence-electron chi connectivity index (χ4n) is 3.49. The molecule has 0 spiro atoms. The molecule has 0 aliphatic carbocycles. The van der Waals surface area contributed by atoms with E-state index < -0.39 is 0 Å². The maximum absolute atomic E-state index is 13.0. The van der Waals surface area contributed by atoms with E-state index in [1.165, 1.54) is 0 Å². The Bertz CT molecular complexity index is 973. The number of benzene rings is 1. The largest absolute Gasteiger partial charge is 0.493 e. The molecule has 0 N–H and O–H groups in total. The molecule has 1 fully saturated rings. The number of pyridine rings is 1. The summed E-state index contributed by atoms with van der Waals surface area (Å²) < 4.78 is 18.6. The SMILES string of the molecule is COc1cc(CN(Cc2cccnc2)C(=O)Cn2cccn2)ccc1OC1CCOC1. The zero-order valence-electron chi connectivity index (χ0n) is 17.5. The van der Waals surface area contributed by atoms with Gasteiger partial charge in [-0.3, -0.25) is 14.5 Å². The minimum absolute atomic E-state index is 0.0325. The van der Waals surface area contributed by atoms with Gasteiger partial charge in [0.2, 0.25) is 5.91 Å². The predicted octanol–water partition coefficient (Wildman–Crippen LogP) is 2.68. The summed E-state index contributed by atoms with van der Waals surface area (Å²) in [6, 6.07) is 11.4. The first-order valence-electron chi connectivity index (χ1n) is 10.3. The Labute approximate surface area is 181 Å². The standard InChI is InChI=1S/C23H26N4O4/c1-29-22-12-18(5-6-21(22)31-20-7-11-30-17-20)14-26(15-19-4-2-8-24-13-19)23(28)16-27-10-3-9-25-27/h2-6,8-10,12-13,20H,7,11,14-17H2,1H3. The Morgan fingerprint density at radius 1 is 1.19 bits per heavy atom. The zero-order valence-corrected chi connectivity index (χ0v) is 17.5. The third kappa shape index (κ3) is 5.61. The Kier molecular flexibility index (Phi) is 6.78. The molecular formula is C23H26N4O4. The molecule has 162 valence electrons. The molecule has 0 radical (unpaired) electrons.